The van der Waals surface area contributed by atoms with Gasteiger partial charge in [0, 0.05) is 6.20 Å². The van der Waals surface area contributed by atoms with Gasteiger partial charge in [-0.2, -0.15) is 0 Å². The van der Waals surface area contributed by atoms with Gasteiger partial charge in [-0.1, -0.05) is 19.9 Å². The zero-order valence-corrected chi connectivity index (χ0v) is 11.6. The van der Waals surface area contributed by atoms with Gasteiger partial charge < -0.3 is 10.8 Å². The van der Waals surface area contributed by atoms with Crippen LogP contribution in [0.25, 0.3) is 0 Å². The highest BCUT2D eigenvalue weighted by Crippen LogP contribution is 2.43. The summed E-state index contributed by atoms with van der Waals surface area (Å²) in [6.45, 7) is 4.43. The maximum absolute atomic E-state index is 11.4. The van der Waals surface area contributed by atoms with Gasteiger partial charge in [-0.3, -0.25) is 4.79 Å². The van der Waals surface area contributed by atoms with Crippen LogP contribution in [0.5, 0.6) is 0 Å². The maximum atomic E-state index is 11.4. The van der Waals surface area contributed by atoms with Gasteiger partial charge in [0.05, 0.1) is 5.92 Å². The van der Waals surface area contributed by atoms with Crippen molar-refractivity contribution >= 4 is 11.8 Å². The molecule has 4 nitrogen and oxygen atoms in total. The molecule has 0 spiro atoms. The van der Waals surface area contributed by atoms with Crippen LogP contribution in [-0.4, -0.2) is 16.1 Å². The SMILES string of the molecule is CC1(C)CCC(C(=O)O)C(Cc2cccnc2N)C1. The fraction of sp³-hybridized carbons (Fsp3) is 0.600. The first-order valence-electron chi connectivity index (χ1n) is 6.81. The van der Waals surface area contributed by atoms with Gasteiger partial charge in [0.25, 0.3) is 0 Å². The fourth-order valence-corrected chi connectivity index (χ4v) is 3.18. The van der Waals surface area contributed by atoms with Gasteiger partial charge in [-0.05, 0) is 48.6 Å². The third kappa shape index (κ3) is 3.25. The second-order valence-corrected chi connectivity index (χ2v) is 6.36. The van der Waals surface area contributed by atoms with Crippen LogP contribution in [0.15, 0.2) is 18.3 Å². The Bertz CT molecular complexity index is 471. The molecule has 1 fully saturated rings. The number of rotatable bonds is 3. The molecule has 0 amide bonds. The molecule has 1 saturated carbocycles. The zero-order chi connectivity index (χ0) is 14.0. The Morgan fingerprint density at radius 1 is 1.58 bits per heavy atom. The molecule has 0 radical (unpaired) electrons. The van der Waals surface area contributed by atoms with E-state index in [9.17, 15) is 9.90 Å². The van der Waals surface area contributed by atoms with Gasteiger partial charge in [-0.15, -0.1) is 0 Å². The predicted octanol–water partition coefficient (Wildman–Crippen LogP) is 2.73. The molecule has 2 atom stereocenters. The number of nitrogen functional groups attached to an aromatic ring is 1. The molecule has 1 aliphatic carbocycles. The van der Waals surface area contributed by atoms with E-state index in [0.717, 1.165) is 24.8 Å². The standard InChI is InChI=1S/C15H22N2O2/c1-15(2)6-5-12(14(18)19)11(9-15)8-10-4-3-7-17-13(10)16/h3-4,7,11-12H,5-6,8-9H2,1-2H3,(H2,16,17)(H,18,19). The zero-order valence-electron chi connectivity index (χ0n) is 11.6. The minimum absolute atomic E-state index is 0.146. The summed E-state index contributed by atoms with van der Waals surface area (Å²) in [5, 5.41) is 9.38. The van der Waals surface area contributed by atoms with Crippen molar-refractivity contribution in [3.63, 3.8) is 0 Å². The van der Waals surface area contributed by atoms with E-state index < -0.39 is 5.97 Å². The summed E-state index contributed by atoms with van der Waals surface area (Å²) in [7, 11) is 0. The number of carbonyl (C=O) groups is 1. The molecule has 1 heterocycles. The molecular weight excluding hydrogens is 240 g/mol. The topological polar surface area (TPSA) is 76.2 Å². The molecule has 1 aromatic heterocycles. The smallest absolute Gasteiger partial charge is 0.306 e. The number of nitrogens with zero attached hydrogens (tertiary/aromatic N) is 1. The lowest BCUT2D eigenvalue weighted by Crippen LogP contribution is -2.35. The molecule has 0 bridgehead atoms. The lowest BCUT2D eigenvalue weighted by molar-refractivity contribution is -0.146. The quantitative estimate of drug-likeness (QED) is 0.878. The van der Waals surface area contributed by atoms with Crippen LogP contribution in [-0.2, 0) is 11.2 Å². The van der Waals surface area contributed by atoms with Crippen molar-refractivity contribution in [1.29, 1.82) is 0 Å². The van der Waals surface area contributed by atoms with E-state index in [4.69, 9.17) is 5.73 Å². The number of pyridine rings is 1. The highest BCUT2D eigenvalue weighted by atomic mass is 16.4. The van der Waals surface area contributed by atoms with Crippen LogP contribution in [0, 0.1) is 17.3 Å². The van der Waals surface area contributed by atoms with E-state index in [1.54, 1.807) is 6.20 Å². The Morgan fingerprint density at radius 3 is 2.95 bits per heavy atom. The fourth-order valence-electron chi connectivity index (χ4n) is 3.18. The van der Waals surface area contributed by atoms with Crippen molar-refractivity contribution in [2.24, 2.45) is 17.3 Å². The lowest BCUT2D eigenvalue weighted by Gasteiger charge is -2.39. The Morgan fingerprint density at radius 2 is 2.32 bits per heavy atom. The van der Waals surface area contributed by atoms with E-state index in [-0.39, 0.29) is 17.3 Å². The minimum Gasteiger partial charge on any atom is -0.481 e. The number of anilines is 1. The number of aliphatic carboxylic acids is 1. The van der Waals surface area contributed by atoms with Crippen LogP contribution in [0.4, 0.5) is 5.82 Å². The summed E-state index contributed by atoms with van der Waals surface area (Å²) in [6, 6.07) is 3.80. The van der Waals surface area contributed by atoms with Crippen LogP contribution in [0.3, 0.4) is 0 Å². The first kappa shape index (κ1) is 13.8. The van der Waals surface area contributed by atoms with Gasteiger partial charge >= 0.3 is 5.97 Å². The summed E-state index contributed by atoms with van der Waals surface area (Å²) < 4.78 is 0. The summed E-state index contributed by atoms with van der Waals surface area (Å²) in [5.41, 5.74) is 7.05. The third-order valence-corrected chi connectivity index (χ3v) is 4.24. The van der Waals surface area contributed by atoms with Crippen LogP contribution in [0.2, 0.25) is 0 Å². The summed E-state index contributed by atoms with van der Waals surface area (Å²) in [4.78, 5) is 15.5. The van der Waals surface area contributed by atoms with Crippen molar-refractivity contribution in [3.05, 3.63) is 23.9 Å². The molecule has 104 valence electrons. The van der Waals surface area contributed by atoms with Crippen LogP contribution >= 0.6 is 0 Å². The van der Waals surface area contributed by atoms with E-state index in [2.05, 4.69) is 18.8 Å². The monoisotopic (exact) mass is 262 g/mol. The summed E-state index contributed by atoms with van der Waals surface area (Å²) >= 11 is 0. The molecule has 4 heteroatoms. The highest BCUT2D eigenvalue weighted by molar-refractivity contribution is 5.70. The van der Waals surface area contributed by atoms with E-state index in [0.29, 0.717) is 12.2 Å². The molecule has 2 unspecified atom stereocenters. The number of hydrogen-bond donors (Lipinski definition) is 2. The Balaban J connectivity index is 2.19. The largest absolute Gasteiger partial charge is 0.481 e. The molecule has 0 aliphatic heterocycles. The first-order chi connectivity index (χ1) is 8.89. The molecule has 1 aromatic rings. The Hall–Kier alpha value is -1.58. The summed E-state index contributed by atoms with van der Waals surface area (Å²) in [5.74, 6) is -0.265. The number of hydrogen-bond acceptors (Lipinski definition) is 3. The minimum atomic E-state index is -0.678. The third-order valence-electron chi connectivity index (χ3n) is 4.24. The number of nitrogens with two attached hydrogens (primary N) is 1. The Labute approximate surface area is 114 Å². The highest BCUT2D eigenvalue weighted by Gasteiger charge is 2.38. The second-order valence-electron chi connectivity index (χ2n) is 6.36. The van der Waals surface area contributed by atoms with Crippen LogP contribution < -0.4 is 5.73 Å². The van der Waals surface area contributed by atoms with Gasteiger partial charge in [0.2, 0.25) is 0 Å². The lowest BCUT2D eigenvalue weighted by atomic mass is 9.65. The van der Waals surface area contributed by atoms with Crippen molar-refractivity contribution < 1.29 is 9.90 Å². The number of carboxylic acids is 1. The predicted molar refractivity (Wildman–Crippen MR) is 74.6 cm³/mol. The molecule has 1 aliphatic rings. The molecule has 0 saturated heterocycles. The van der Waals surface area contributed by atoms with Crippen molar-refractivity contribution in [1.82, 2.24) is 4.98 Å². The van der Waals surface area contributed by atoms with Crippen molar-refractivity contribution in [2.45, 2.75) is 39.5 Å². The second kappa shape index (κ2) is 5.19. The normalized spacial score (nSPS) is 26.0. The van der Waals surface area contributed by atoms with Crippen molar-refractivity contribution in [2.75, 3.05) is 5.73 Å². The average Bonchev–Trinajstić information content (AvgIpc) is 2.30. The average molecular weight is 262 g/mol. The molecule has 19 heavy (non-hydrogen) atoms. The molecular formula is C15H22N2O2. The van der Waals surface area contributed by atoms with E-state index in [1.165, 1.54) is 0 Å². The maximum Gasteiger partial charge on any atom is 0.306 e. The summed E-state index contributed by atoms with van der Waals surface area (Å²) in [6.07, 6.45) is 5.03. The van der Waals surface area contributed by atoms with Gasteiger partial charge in [0.15, 0.2) is 0 Å². The molecule has 2 rings (SSSR count). The molecule has 3 N–H and O–H groups in total. The number of carboxylic acid groups (broad SMARTS) is 1. The van der Waals surface area contributed by atoms with E-state index in [1.807, 2.05) is 12.1 Å². The first-order valence-corrected chi connectivity index (χ1v) is 6.81. The van der Waals surface area contributed by atoms with Gasteiger partial charge in [0.1, 0.15) is 5.82 Å². The van der Waals surface area contributed by atoms with Crippen LogP contribution in [0.1, 0.15) is 38.7 Å². The Kier molecular flexibility index (Phi) is 3.78. The molecule has 0 aromatic carbocycles. The number of aromatic nitrogens is 1. The van der Waals surface area contributed by atoms with Gasteiger partial charge in [-0.25, -0.2) is 4.98 Å². The van der Waals surface area contributed by atoms with Crippen molar-refractivity contribution in [3.8, 4) is 0 Å². The van der Waals surface area contributed by atoms with E-state index >= 15 is 0 Å².